The average molecular weight is 330 g/mol. The first kappa shape index (κ1) is 17.5. The molecule has 0 saturated heterocycles. The molecule has 0 bridgehead atoms. The van der Waals surface area contributed by atoms with Crippen LogP contribution in [0.25, 0.3) is 0 Å². The molecule has 2 N–H and O–H groups in total. The van der Waals surface area contributed by atoms with Gasteiger partial charge in [-0.05, 0) is 29.9 Å². The zero-order valence-electron chi connectivity index (χ0n) is 13.2. The lowest BCUT2D eigenvalue weighted by Gasteiger charge is -2.17. The standard InChI is InChI=1S/C18H22N2O2S/c1-2-23-17-9-8-16(13-19-17)18(22)20-12-15(10-11-21)14-6-4-3-5-7-14/h3-9,13,15,21H,2,10-12H2,1H3,(H,20,22). The third kappa shape index (κ3) is 5.37. The second-order valence-electron chi connectivity index (χ2n) is 5.15. The number of rotatable bonds is 8. The van der Waals surface area contributed by atoms with Gasteiger partial charge in [0.15, 0.2) is 0 Å². The second kappa shape index (κ2) is 9.33. The lowest BCUT2D eigenvalue weighted by molar-refractivity contribution is 0.0949. The van der Waals surface area contributed by atoms with Crippen molar-refractivity contribution in [2.75, 3.05) is 18.9 Å². The molecule has 1 aromatic heterocycles. The van der Waals surface area contributed by atoms with Crippen LogP contribution in [0.4, 0.5) is 0 Å². The van der Waals surface area contributed by atoms with Crippen LogP contribution in [0.5, 0.6) is 0 Å². The molecule has 1 heterocycles. The summed E-state index contributed by atoms with van der Waals surface area (Å²) >= 11 is 1.65. The van der Waals surface area contributed by atoms with Crippen molar-refractivity contribution in [1.29, 1.82) is 0 Å². The Morgan fingerprint density at radius 2 is 2.04 bits per heavy atom. The van der Waals surface area contributed by atoms with E-state index in [1.54, 1.807) is 24.0 Å². The average Bonchev–Trinajstić information content (AvgIpc) is 2.60. The van der Waals surface area contributed by atoms with Crippen molar-refractivity contribution in [3.8, 4) is 0 Å². The van der Waals surface area contributed by atoms with Crippen LogP contribution in [0.2, 0.25) is 0 Å². The number of aromatic nitrogens is 1. The Morgan fingerprint density at radius 3 is 2.65 bits per heavy atom. The molecule has 4 nitrogen and oxygen atoms in total. The van der Waals surface area contributed by atoms with Gasteiger partial charge in [-0.2, -0.15) is 0 Å². The zero-order valence-corrected chi connectivity index (χ0v) is 14.1. The molecule has 0 radical (unpaired) electrons. The minimum Gasteiger partial charge on any atom is -0.396 e. The van der Waals surface area contributed by atoms with Crippen LogP contribution >= 0.6 is 11.8 Å². The number of amides is 1. The highest BCUT2D eigenvalue weighted by Crippen LogP contribution is 2.18. The summed E-state index contributed by atoms with van der Waals surface area (Å²) < 4.78 is 0. The highest BCUT2D eigenvalue weighted by atomic mass is 32.2. The first-order valence-electron chi connectivity index (χ1n) is 7.77. The molecular formula is C18H22N2O2S. The molecule has 1 amide bonds. The van der Waals surface area contributed by atoms with Crippen molar-refractivity contribution in [3.63, 3.8) is 0 Å². The number of hydrogen-bond acceptors (Lipinski definition) is 4. The minimum atomic E-state index is -0.135. The minimum absolute atomic E-state index is 0.0971. The Balaban J connectivity index is 1.95. The Kier molecular flexibility index (Phi) is 7.10. The van der Waals surface area contributed by atoms with Gasteiger partial charge in [0.1, 0.15) is 0 Å². The molecule has 0 saturated carbocycles. The van der Waals surface area contributed by atoms with Gasteiger partial charge in [-0.15, -0.1) is 11.8 Å². The molecule has 0 spiro atoms. The highest BCUT2D eigenvalue weighted by molar-refractivity contribution is 7.99. The fourth-order valence-corrected chi connectivity index (χ4v) is 2.92. The fourth-order valence-electron chi connectivity index (χ4n) is 2.33. The smallest absolute Gasteiger partial charge is 0.252 e. The van der Waals surface area contributed by atoms with Crippen molar-refractivity contribution in [2.24, 2.45) is 0 Å². The number of carbonyl (C=O) groups is 1. The van der Waals surface area contributed by atoms with Crippen molar-refractivity contribution in [3.05, 3.63) is 59.8 Å². The summed E-state index contributed by atoms with van der Waals surface area (Å²) in [5, 5.41) is 13.1. The molecule has 5 heteroatoms. The van der Waals surface area contributed by atoms with Gasteiger partial charge >= 0.3 is 0 Å². The molecule has 0 aliphatic rings. The quantitative estimate of drug-likeness (QED) is 0.730. The number of aliphatic hydroxyl groups excluding tert-OH is 1. The molecule has 2 rings (SSSR count). The maximum absolute atomic E-state index is 12.2. The predicted octanol–water partition coefficient (Wildman–Crippen LogP) is 3.09. The van der Waals surface area contributed by atoms with Crippen LogP contribution in [0, 0.1) is 0 Å². The summed E-state index contributed by atoms with van der Waals surface area (Å²) in [6.07, 6.45) is 2.23. The molecule has 23 heavy (non-hydrogen) atoms. The lowest BCUT2D eigenvalue weighted by Crippen LogP contribution is -2.29. The Hall–Kier alpha value is -1.85. The van der Waals surface area contributed by atoms with E-state index in [2.05, 4.69) is 17.2 Å². The summed E-state index contributed by atoms with van der Waals surface area (Å²) in [6, 6.07) is 13.6. The van der Waals surface area contributed by atoms with Crippen LogP contribution in [0.1, 0.15) is 35.2 Å². The van der Waals surface area contributed by atoms with E-state index in [9.17, 15) is 9.90 Å². The molecule has 0 fully saturated rings. The first-order valence-corrected chi connectivity index (χ1v) is 8.76. The third-order valence-electron chi connectivity index (χ3n) is 3.55. The van der Waals surface area contributed by atoms with Gasteiger partial charge in [-0.25, -0.2) is 4.98 Å². The van der Waals surface area contributed by atoms with E-state index in [1.165, 1.54) is 0 Å². The van der Waals surface area contributed by atoms with Gasteiger partial charge in [0.2, 0.25) is 0 Å². The first-order chi connectivity index (χ1) is 11.2. The number of pyridine rings is 1. The summed E-state index contributed by atoms with van der Waals surface area (Å²) in [5.41, 5.74) is 1.68. The van der Waals surface area contributed by atoms with E-state index in [0.29, 0.717) is 18.5 Å². The van der Waals surface area contributed by atoms with Crippen molar-refractivity contribution in [2.45, 2.75) is 24.3 Å². The topological polar surface area (TPSA) is 62.2 Å². The Labute approximate surface area is 141 Å². The van der Waals surface area contributed by atoms with E-state index in [4.69, 9.17) is 0 Å². The molecule has 0 aliphatic heterocycles. The number of thioether (sulfide) groups is 1. The number of nitrogens with zero attached hydrogens (tertiary/aromatic N) is 1. The normalized spacial score (nSPS) is 11.9. The monoisotopic (exact) mass is 330 g/mol. The van der Waals surface area contributed by atoms with E-state index in [0.717, 1.165) is 16.3 Å². The number of aliphatic hydroxyl groups is 1. The van der Waals surface area contributed by atoms with Gasteiger partial charge in [-0.1, -0.05) is 37.3 Å². The fraction of sp³-hybridized carbons (Fsp3) is 0.333. The number of nitrogens with one attached hydrogen (secondary N) is 1. The zero-order chi connectivity index (χ0) is 16.5. The molecule has 1 atom stereocenters. The number of carbonyl (C=O) groups excluding carboxylic acids is 1. The van der Waals surface area contributed by atoms with Gasteiger partial charge in [0.25, 0.3) is 5.91 Å². The Bertz CT molecular complexity index is 602. The van der Waals surface area contributed by atoms with Crippen molar-refractivity contribution < 1.29 is 9.90 Å². The number of hydrogen-bond donors (Lipinski definition) is 2. The second-order valence-corrected chi connectivity index (χ2v) is 6.43. The van der Waals surface area contributed by atoms with Crippen LogP contribution in [-0.2, 0) is 0 Å². The van der Waals surface area contributed by atoms with Crippen LogP contribution in [0.15, 0.2) is 53.7 Å². The summed E-state index contributed by atoms with van der Waals surface area (Å²) in [5.74, 6) is 0.927. The summed E-state index contributed by atoms with van der Waals surface area (Å²) in [7, 11) is 0. The van der Waals surface area contributed by atoms with Crippen LogP contribution in [0.3, 0.4) is 0 Å². The third-order valence-corrected chi connectivity index (χ3v) is 4.37. The molecule has 0 aliphatic carbocycles. The van der Waals surface area contributed by atoms with Gasteiger partial charge in [0.05, 0.1) is 10.6 Å². The molecule has 1 aromatic carbocycles. The maximum Gasteiger partial charge on any atom is 0.252 e. The van der Waals surface area contributed by atoms with E-state index in [1.807, 2.05) is 36.4 Å². The summed E-state index contributed by atoms with van der Waals surface area (Å²) in [6.45, 7) is 2.66. The Morgan fingerprint density at radius 1 is 1.26 bits per heavy atom. The molecule has 2 aromatic rings. The van der Waals surface area contributed by atoms with Crippen molar-refractivity contribution >= 4 is 17.7 Å². The van der Waals surface area contributed by atoms with E-state index in [-0.39, 0.29) is 18.4 Å². The van der Waals surface area contributed by atoms with E-state index >= 15 is 0 Å². The van der Waals surface area contributed by atoms with Gasteiger partial charge < -0.3 is 10.4 Å². The summed E-state index contributed by atoms with van der Waals surface area (Å²) in [4.78, 5) is 16.5. The van der Waals surface area contributed by atoms with Crippen molar-refractivity contribution in [1.82, 2.24) is 10.3 Å². The molecular weight excluding hydrogens is 308 g/mol. The molecule has 1 unspecified atom stereocenters. The van der Waals surface area contributed by atoms with E-state index < -0.39 is 0 Å². The lowest BCUT2D eigenvalue weighted by atomic mass is 9.96. The molecule has 122 valence electrons. The highest BCUT2D eigenvalue weighted by Gasteiger charge is 2.13. The van der Waals surface area contributed by atoms with Crippen LogP contribution < -0.4 is 5.32 Å². The van der Waals surface area contributed by atoms with Gasteiger partial charge in [-0.3, -0.25) is 4.79 Å². The maximum atomic E-state index is 12.2. The van der Waals surface area contributed by atoms with Gasteiger partial charge in [0, 0.05) is 25.3 Å². The van der Waals surface area contributed by atoms with Crippen LogP contribution in [-0.4, -0.2) is 34.9 Å². The predicted molar refractivity (Wildman–Crippen MR) is 93.9 cm³/mol. The largest absolute Gasteiger partial charge is 0.396 e. The number of benzene rings is 1. The SMILES string of the molecule is CCSc1ccc(C(=O)NCC(CCO)c2ccccc2)cn1.